The molecule has 1 N–H and O–H groups in total. The molecule has 1 fully saturated rings. The highest BCUT2D eigenvalue weighted by atomic mass is 16.2. The van der Waals surface area contributed by atoms with Crippen LogP contribution in [0.3, 0.4) is 0 Å². The number of aromatic amines is 1. The molecule has 0 radical (unpaired) electrons. The van der Waals surface area contributed by atoms with Crippen LogP contribution in [-0.2, 0) is 11.2 Å². The lowest BCUT2D eigenvalue weighted by Crippen LogP contribution is -2.40. The summed E-state index contributed by atoms with van der Waals surface area (Å²) in [6.45, 7) is 3.07. The van der Waals surface area contributed by atoms with Crippen LogP contribution in [0.5, 0.6) is 0 Å². The first-order chi connectivity index (χ1) is 12.6. The Hall–Kier alpha value is -3.03. The maximum Gasteiger partial charge on any atom is 0.281 e. The van der Waals surface area contributed by atoms with Crippen LogP contribution in [0.2, 0.25) is 0 Å². The Labute approximate surface area is 149 Å². The molecule has 0 aliphatic carbocycles. The van der Waals surface area contributed by atoms with Crippen LogP contribution in [0.15, 0.2) is 35.1 Å². The molecule has 8 nitrogen and oxygen atoms in total. The first-order valence-electron chi connectivity index (χ1n) is 8.75. The fourth-order valence-corrected chi connectivity index (χ4v) is 3.44. The van der Waals surface area contributed by atoms with Crippen LogP contribution in [0.25, 0.3) is 11.2 Å². The number of carbonyl (C=O) groups is 1. The fourth-order valence-electron chi connectivity index (χ4n) is 3.44. The molecule has 1 aliphatic heterocycles. The lowest BCUT2D eigenvalue weighted by molar-refractivity contribution is -0.131. The number of aromatic nitrogens is 5. The first-order valence-corrected chi connectivity index (χ1v) is 8.75. The van der Waals surface area contributed by atoms with E-state index in [1.54, 1.807) is 11.6 Å². The van der Waals surface area contributed by atoms with Gasteiger partial charge in [0.25, 0.3) is 5.56 Å². The van der Waals surface area contributed by atoms with Crippen molar-refractivity contribution < 1.29 is 4.79 Å². The van der Waals surface area contributed by atoms with Crippen molar-refractivity contribution in [1.82, 2.24) is 29.9 Å². The third kappa shape index (κ3) is 3.10. The van der Waals surface area contributed by atoms with Gasteiger partial charge in [-0.25, -0.2) is 9.67 Å². The predicted molar refractivity (Wildman–Crippen MR) is 95.7 cm³/mol. The molecule has 134 valence electrons. The van der Waals surface area contributed by atoms with Crippen molar-refractivity contribution >= 4 is 17.1 Å². The summed E-state index contributed by atoms with van der Waals surface area (Å²) in [4.78, 5) is 33.4. The Morgan fingerprint density at radius 1 is 1.23 bits per heavy atom. The average Bonchev–Trinajstić information content (AvgIpc) is 3.07. The summed E-state index contributed by atoms with van der Waals surface area (Å²) in [7, 11) is 0. The maximum atomic E-state index is 12.5. The Balaban J connectivity index is 1.45. The molecule has 2 aromatic heterocycles. The molecule has 8 heteroatoms. The zero-order valence-corrected chi connectivity index (χ0v) is 14.6. The van der Waals surface area contributed by atoms with Gasteiger partial charge >= 0.3 is 0 Å². The Kier molecular flexibility index (Phi) is 4.24. The molecular formula is C18H20N6O2. The molecule has 1 saturated heterocycles. The van der Waals surface area contributed by atoms with E-state index >= 15 is 0 Å². The molecule has 4 rings (SSSR count). The molecule has 0 unspecified atom stereocenters. The fraction of sp³-hybridized carbons (Fsp3) is 0.389. The Morgan fingerprint density at radius 3 is 2.69 bits per heavy atom. The minimum atomic E-state index is -0.269. The third-order valence-electron chi connectivity index (χ3n) is 4.81. The number of carbonyl (C=O) groups excluding carboxylic acids is 1. The van der Waals surface area contributed by atoms with Gasteiger partial charge in [0.1, 0.15) is 5.82 Å². The maximum absolute atomic E-state index is 12.5. The Bertz CT molecular complexity index is 986. The third-order valence-corrected chi connectivity index (χ3v) is 4.81. The zero-order valence-electron chi connectivity index (χ0n) is 14.6. The number of piperidine rings is 1. The van der Waals surface area contributed by atoms with E-state index in [1.165, 1.54) is 0 Å². The van der Waals surface area contributed by atoms with E-state index in [0.717, 1.165) is 18.4 Å². The van der Waals surface area contributed by atoms with Gasteiger partial charge in [0.2, 0.25) is 5.91 Å². The van der Waals surface area contributed by atoms with E-state index < -0.39 is 0 Å². The SMILES string of the molecule is Cc1nc2c(nnn2C2CCN(C(=O)Cc3ccccc3)CC2)c(=O)[nH]1. The number of benzene rings is 1. The summed E-state index contributed by atoms with van der Waals surface area (Å²) in [5, 5.41) is 8.11. The van der Waals surface area contributed by atoms with Gasteiger partial charge in [-0.3, -0.25) is 9.59 Å². The second-order valence-electron chi connectivity index (χ2n) is 6.63. The van der Waals surface area contributed by atoms with Crippen molar-refractivity contribution in [2.75, 3.05) is 13.1 Å². The van der Waals surface area contributed by atoms with Crippen molar-refractivity contribution in [3.8, 4) is 0 Å². The minimum absolute atomic E-state index is 0.0921. The van der Waals surface area contributed by atoms with Crippen LogP contribution in [0.1, 0.15) is 30.3 Å². The quantitative estimate of drug-likeness (QED) is 0.765. The second kappa shape index (κ2) is 6.70. The van der Waals surface area contributed by atoms with Crippen molar-refractivity contribution in [2.24, 2.45) is 0 Å². The number of hydrogen-bond acceptors (Lipinski definition) is 5. The molecule has 1 aliphatic rings. The summed E-state index contributed by atoms with van der Waals surface area (Å²) in [6.07, 6.45) is 1.97. The van der Waals surface area contributed by atoms with Gasteiger partial charge in [0.15, 0.2) is 11.2 Å². The van der Waals surface area contributed by atoms with Gasteiger partial charge in [-0.15, -0.1) is 5.10 Å². The van der Waals surface area contributed by atoms with E-state index in [-0.39, 0.29) is 23.0 Å². The number of fused-ring (bicyclic) bond motifs is 1. The van der Waals surface area contributed by atoms with Crippen LogP contribution < -0.4 is 5.56 Å². The van der Waals surface area contributed by atoms with Crippen molar-refractivity contribution in [1.29, 1.82) is 0 Å². The van der Waals surface area contributed by atoms with Gasteiger partial charge in [0.05, 0.1) is 12.5 Å². The van der Waals surface area contributed by atoms with E-state index in [2.05, 4.69) is 20.3 Å². The number of nitrogens with one attached hydrogen (secondary N) is 1. The van der Waals surface area contributed by atoms with Crippen molar-refractivity contribution in [3.63, 3.8) is 0 Å². The number of likely N-dealkylation sites (tertiary alicyclic amines) is 1. The molecule has 0 atom stereocenters. The molecule has 0 spiro atoms. The Morgan fingerprint density at radius 2 is 1.96 bits per heavy atom. The van der Waals surface area contributed by atoms with Crippen LogP contribution >= 0.6 is 0 Å². The van der Waals surface area contributed by atoms with E-state index in [0.29, 0.717) is 31.0 Å². The topological polar surface area (TPSA) is 96.8 Å². The average molecular weight is 352 g/mol. The molecule has 0 saturated carbocycles. The summed E-state index contributed by atoms with van der Waals surface area (Å²) in [5.74, 6) is 0.685. The lowest BCUT2D eigenvalue weighted by atomic mass is 10.0. The molecule has 3 aromatic rings. The van der Waals surface area contributed by atoms with E-state index in [4.69, 9.17) is 0 Å². The highest BCUT2D eigenvalue weighted by molar-refractivity contribution is 5.78. The summed E-state index contributed by atoms with van der Waals surface area (Å²) < 4.78 is 1.73. The van der Waals surface area contributed by atoms with E-state index in [9.17, 15) is 9.59 Å². The number of rotatable bonds is 3. The van der Waals surface area contributed by atoms with Crippen LogP contribution in [0, 0.1) is 6.92 Å². The highest BCUT2D eigenvalue weighted by Crippen LogP contribution is 2.24. The number of aryl methyl sites for hydroxylation is 1. The molecule has 0 bridgehead atoms. The molecule has 3 heterocycles. The lowest BCUT2D eigenvalue weighted by Gasteiger charge is -2.32. The van der Waals surface area contributed by atoms with Gasteiger partial charge < -0.3 is 9.88 Å². The van der Waals surface area contributed by atoms with Crippen LogP contribution in [-0.4, -0.2) is 48.9 Å². The van der Waals surface area contributed by atoms with Gasteiger partial charge in [-0.05, 0) is 25.3 Å². The van der Waals surface area contributed by atoms with Crippen molar-refractivity contribution in [3.05, 3.63) is 52.1 Å². The standard InChI is InChI=1S/C18H20N6O2/c1-12-19-17-16(18(26)20-12)21-22-24(17)14-7-9-23(10-8-14)15(25)11-13-5-3-2-4-6-13/h2-6,14H,7-11H2,1H3,(H,19,20,26). The first kappa shape index (κ1) is 16.4. The number of amides is 1. The predicted octanol–water partition coefficient (Wildman–Crippen LogP) is 1.23. The summed E-state index contributed by atoms with van der Waals surface area (Å²) in [5.41, 5.74) is 1.54. The summed E-state index contributed by atoms with van der Waals surface area (Å²) in [6, 6.07) is 9.87. The van der Waals surface area contributed by atoms with Crippen molar-refractivity contribution in [2.45, 2.75) is 32.2 Å². The number of nitrogens with zero attached hydrogens (tertiary/aromatic N) is 5. The van der Waals surface area contributed by atoms with Gasteiger partial charge in [-0.2, -0.15) is 0 Å². The monoisotopic (exact) mass is 352 g/mol. The molecular weight excluding hydrogens is 332 g/mol. The minimum Gasteiger partial charge on any atom is -0.342 e. The normalized spacial score (nSPS) is 15.5. The summed E-state index contributed by atoms with van der Waals surface area (Å²) >= 11 is 0. The number of H-pyrrole nitrogens is 1. The number of hydrogen-bond donors (Lipinski definition) is 1. The van der Waals surface area contributed by atoms with Gasteiger partial charge in [-0.1, -0.05) is 35.5 Å². The van der Waals surface area contributed by atoms with Crippen LogP contribution in [0.4, 0.5) is 0 Å². The second-order valence-corrected chi connectivity index (χ2v) is 6.63. The van der Waals surface area contributed by atoms with E-state index in [1.807, 2.05) is 35.2 Å². The highest BCUT2D eigenvalue weighted by Gasteiger charge is 2.26. The zero-order chi connectivity index (χ0) is 18.1. The van der Waals surface area contributed by atoms with Gasteiger partial charge in [0, 0.05) is 13.1 Å². The molecule has 26 heavy (non-hydrogen) atoms. The molecule has 1 aromatic carbocycles. The molecule has 1 amide bonds. The largest absolute Gasteiger partial charge is 0.342 e. The smallest absolute Gasteiger partial charge is 0.281 e.